The van der Waals surface area contributed by atoms with Gasteiger partial charge in [0.1, 0.15) is 0 Å². The first-order valence-electron chi connectivity index (χ1n) is 6.16. The molecule has 0 aromatic heterocycles. The van der Waals surface area contributed by atoms with Crippen LogP contribution in [0, 0.1) is 0 Å². The highest BCUT2D eigenvalue weighted by molar-refractivity contribution is 6.22. The van der Waals surface area contributed by atoms with Crippen molar-refractivity contribution < 1.29 is 22.6 Å². The zero-order valence-electron chi connectivity index (χ0n) is 10.7. The molecule has 0 saturated carbocycles. The summed E-state index contributed by atoms with van der Waals surface area (Å²) < 4.78 is 48.1. The Bertz CT molecular complexity index is 653. The minimum absolute atomic E-state index is 0.159. The molecule has 3 rings (SSSR count). The molecule has 1 atom stereocenters. The van der Waals surface area contributed by atoms with E-state index in [1.54, 1.807) is 18.2 Å². The lowest BCUT2D eigenvalue weighted by Gasteiger charge is -2.13. The molecular weight excluding hydrogens is 305 g/mol. The van der Waals surface area contributed by atoms with Gasteiger partial charge in [-0.1, -0.05) is 18.2 Å². The van der Waals surface area contributed by atoms with Crippen LogP contribution in [0.25, 0.3) is 0 Å². The molecule has 1 aliphatic heterocycles. The van der Waals surface area contributed by atoms with Crippen LogP contribution >= 0.6 is 11.6 Å². The molecule has 2 aromatic carbocycles. The molecule has 6 heteroatoms. The number of fused-ring (bicyclic) bond motifs is 1. The van der Waals surface area contributed by atoms with Gasteiger partial charge in [-0.3, -0.25) is 0 Å². The lowest BCUT2D eigenvalue weighted by molar-refractivity contribution is -0.137. The highest BCUT2D eigenvalue weighted by Crippen LogP contribution is 2.38. The first-order chi connectivity index (χ1) is 9.95. The van der Waals surface area contributed by atoms with Crippen molar-refractivity contribution >= 4 is 11.6 Å². The fourth-order valence-corrected chi connectivity index (χ4v) is 2.39. The molecule has 0 radical (unpaired) electrons. The first kappa shape index (κ1) is 14.1. The molecule has 2 nitrogen and oxygen atoms in total. The van der Waals surface area contributed by atoms with Crippen LogP contribution in [0.1, 0.15) is 22.1 Å². The Morgan fingerprint density at radius 3 is 2.19 bits per heavy atom. The molecule has 0 unspecified atom stereocenters. The average molecular weight is 315 g/mol. The number of hydrogen-bond donors (Lipinski definition) is 0. The van der Waals surface area contributed by atoms with Crippen LogP contribution in [0.5, 0.6) is 11.5 Å². The van der Waals surface area contributed by atoms with Gasteiger partial charge in [0.2, 0.25) is 6.79 Å². The molecule has 2 aromatic rings. The smallest absolute Gasteiger partial charge is 0.416 e. The normalized spacial score (nSPS) is 15.0. The van der Waals surface area contributed by atoms with Crippen LogP contribution in [-0.2, 0) is 6.18 Å². The van der Waals surface area contributed by atoms with Gasteiger partial charge in [-0.25, -0.2) is 0 Å². The molecule has 0 aliphatic carbocycles. The van der Waals surface area contributed by atoms with Crippen LogP contribution < -0.4 is 9.47 Å². The predicted octanol–water partition coefficient (Wildman–Crippen LogP) is 4.76. The van der Waals surface area contributed by atoms with E-state index >= 15 is 0 Å². The minimum Gasteiger partial charge on any atom is -0.454 e. The highest BCUT2D eigenvalue weighted by atomic mass is 35.5. The van der Waals surface area contributed by atoms with Gasteiger partial charge in [-0.05, 0) is 35.4 Å². The largest absolute Gasteiger partial charge is 0.454 e. The van der Waals surface area contributed by atoms with Crippen molar-refractivity contribution in [2.45, 2.75) is 11.6 Å². The van der Waals surface area contributed by atoms with Gasteiger partial charge in [-0.2, -0.15) is 13.2 Å². The summed E-state index contributed by atoms with van der Waals surface area (Å²) in [7, 11) is 0. The number of hydrogen-bond acceptors (Lipinski definition) is 2. The fraction of sp³-hybridized carbons (Fsp3) is 0.200. The van der Waals surface area contributed by atoms with Crippen LogP contribution in [-0.4, -0.2) is 6.79 Å². The maximum Gasteiger partial charge on any atom is 0.416 e. The Labute approximate surface area is 124 Å². The molecule has 0 fully saturated rings. The predicted molar refractivity (Wildman–Crippen MR) is 71.7 cm³/mol. The second-order valence-corrected chi connectivity index (χ2v) is 5.03. The van der Waals surface area contributed by atoms with Crippen molar-refractivity contribution in [2.75, 3.05) is 6.79 Å². The Hall–Kier alpha value is -1.88. The Balaban J connectivity index is 1.86. The molecule has 0 bridgehead atoms. The second kappa shape index (κ2) is 5.15. The van der Waals surface area contributed by atoms with Gasteiger partial charge in [-0.15, -0.1) is 11.6 Å². The number of halogens is 4. The van der Waals surface area contributed by atoms with E-state index in [0.29, 0.717) is 17.1 Å². The van der Waals surface area contributed by atoms with E-state index < -0.39 is 17.1 Å². The highest BCUT2D eigenvalue weighted by Gasteiger charge is 2.30. The molecule has 0 N–H and O–H groups in total. The fourth-order valence-electron chi connectivity index (χ4n) is 2.10. The Kier molecular flexibility index (Phi) is 3.45. The summed E-state index contributed by atoms with van der Waals surface area (Å²) in [5.41, 5.74) is 0.630. The number of rotatable bonds is 2. The lowest BCUT2D eigenvalue weighted by Crippen LogP contribution is -2.05. The maximum atomic E-state index is 12.5. The van der Waals surface area contributed by atoms with E-state index in [0.717, 1.165) is 17.7 Å². The first-order valence-corrected chi connectivity index (χ1v) is 6.59. The van der Waals surface area contributed by atoms with Gasteiger partial charge < -0.3 is 9.47 Å². The van der Waals surface area contributed by atoms with Crippen LogP contribution in [0.2, 0.25) is 0 Å². The van der Waals surface area contributed by atoms with Gasteiger partial charge in [0.05, 0.1) is 10.9 Å². The zero-order valence-corrected chi connectivity index (χ0v) is 11.4. The monoisotopic (exact) mass is 314 g/mol. The van der Waals surface area contributed by atoms with Gasteiger partial charge in [0.25, 0.3) is 0 Å². The van der Waals surface area contributed by atoms with Crippen LogP contribution in [0.15, 0.2) is 42.5 Å². The summed E-state index contributed by atoms with van der Waals surface area (Å²) in [4.78, 5) is 0. The van der Waals surface area contributed by atoms with E-state index in [1.807, 2.05) is 0 Å². The third-order valence-corrected chi connectivity index (χ3v) is 3.72. The van der Waals surface area contributed by atoms with Crippen molar-refractivity contribution in [2.24, 2.45) is 0 Å². The summed E-state index contributed by atoms with van der Waals surface area (Å²) in [6.45, 7) is 0.159. The van der Waals surface area contributed by atoms with Crippen LogP contribution in [0.3, 0.4) is 0 Å². The minimum atomic E-state index is -4.35. The Morgan fingerprint density at radius 2 is 1.52 bits per heavy atom. The van der Waals surface area contributed by atoms with Gasteiger partial charge in [0, 0.05) is 0 Å². The average Bonchev–Trinajstić information content (AvgIpc) is 2.93. The van der Waals surface area contributed by atoms with Crippen LogP contribution in [0.4, 0.5) is 13.2 Å². The maximum absolute atomic E-state index is 12.5. The van der Waals surface area contributed by atoms with Crippen molar-refractivity contribution in [3.05, 3.63) is 59.2 Å². The molecule has 0 amide bonds. The number of benzene rings is 2. The summed E-state index contributed by atoms with van der Waals surface area (Å²) in [5, 5.41) is -0.554. The molecule has 0 saturated heterocycles. The second-order valence-electron chi connectivity index (χ2n) is 4.60. The summed E-state index contributed by atoms with van der Waals surface area (Å²) >= 11 is 6.32. The SMILES string of the molecule is FC(F)(F)c1ccc([C@H](Cl)c2ccc3c(c2)OCO3)cc1. The molecule has 110 valence electrons. The van der Waals surface area contributed by atoms with E-state index in [4.69, 9.17) is 21.1 Å². The summed E-state index contributed by atoms with van der Waals surface area (Å²) in [6.07, 6.45) is -4.35. The van der Waals surface area contributed by atoms with Crippen molar-refractivity contribution in [1.29, 1.82) is 0 Å². The zero-order chi connectivity index (χ0) is 15.0. The molecule has 1 heterocycles. The van der Waals surface area contributed by atoms with E-state index in [2.05, 4.69) is 0 Å². The number of ether oxygens (including phenoxy) is 2. The van der Waals surface area contributed by atoms with E-state index in [-0.39, 0.29) is 6.79 Å². The lowest BCUT2D eigenvalue weighted by atomic mass is 10.0. The van der Waals surface area contributed by atoms with Crippen molar-refractivity contribution in [3.8, 4) is 11.5 Å². The quantitative estimate of drug-likeness (QED) is 0.744. The Morgan fingerprint density at radius 1 is 0.905 bits per heavy atom. The molecular formula is C15H10ClF3O2. The third kappa shape index (κ3) is 2.78. The molecule has 21 heavy (non-hydrogen) atoms. The van der Waals surface area contributed by atoms with Crippen molar-refractivity contribution in [1.82, 2.24) is 0 Å². The number of alkyl halides is 4. The third-order valence-electron chi connectivity index (χ3n) is 3.22. The topological polar surface area (TPSA) is 18.5 Å². The van der Waals surface area contributed by atoms with Gasteiger partial charge in [0.15, 0.2) is 11.5 Å². The van der Waals surface area contributed by atoms with Crippen molar-refractivity contribution in [3.63, 3.8) is 0 Å². The molecule has 0 spiro atoms. The van der Waals surface area contributed by atoms with Gasteiger partial charge >= 0.3 is 6.18 Å². The molecule has 1 aliphatic rings. The van der Waals surface area contributed by atoms with E-state index in [9.17, 15) is 13.2 Å². The van der Waals surface area contributed by atoms with E-state index in [1.165, 1.54) is 12.1 Å². The summed E-state index contributed by atoms with van der Waals surface area (Å²) in [6, 6.07) is 10.0. The summed E-state index contributed by atoms with van der Waals surface area (Å²) in [5.74, 6) is 1.22. The standard InChI is InChI=1S/C15H10ClF3O2/c16-14(9-1-4-11(5-2-9)15(17,18)19)10-3-6-12-13(7-10)21-8-20-12/h1-7,14H,8H2/t14-/m0/s1.